The predicted octanol–water partition coefficient (Wildman–Crippen LogP) is 1.88. The fourth-order valence-corrected chi connectivity index (χ4v) is 5.31. The van der Waals surface area contributed by atoms with E-state index in [4.69, 9.17) is 0 Å². The zero-order valence-corrected chi connectivity index (χ0v) is 18.5. The van der Waals surface area contributed by atoms with Gasteiger partial charge in [0.25, 0.3) is 0 Å². The summed E-state index contributed by atoms with van der Waals surface area (Å²) in [5.74, 6) is 1.36. The van der Waals surface area contributed by atoms with E-state index in [1.807, 2.05) is 0 Å². The quantitative estimate of drug-likeness (QED) is 0.616. The normalized spacial score (nSPS) is 20.3. The Morgan fingerprint density at radius 3 is 2.62 bits per heavy atom. The van der Waals surface area contributed by atoms with Crippen LogP contribution in [0.4, 0.5) is 5.95 Å². The van der Waals surface area contributed by atoms with Crippen LogP contribution in [0.2, 0.25) is 0 Å². The number of amides is 1. The zero-order valence-electron chi connectivity index (χ0n) is 18.5. The third-order valence-electron chi connectivity index (χ3n) is 7.08. The van der Waals surface area contributed by atoms with Crippen LogP contribution in [-0.2, 0) is 7.05 Å². The number of primary amides is 1. The molecule has 1 amide bonds. The number of rotatable bonds is 5. The van der Waals surface area contributed by atoms with E-state index in [1.165, 1.54) is 41.8 Å². The summed E-state index contributed by atoms with van der Waals surface area (Å²) in [4.78, 5) is 24.8. The van der Waals surface area contributed by atoms with E-state index in [9.17, 15) is 10.0 Å². The van der Waals surface area contributed by atoms with Crippen molar-refractivity contribution in [3.05, 3.63) is 59.2 Å². The summed E-state index contributed by atoms with van der Waals surface area (Å²) in [5.41, 5.74) is 3.36. The Labute approximate surface area is 187 Å². The van der Waals surface area contributed by atoms with Gasteiger partial charge >= 0.3 is 5.91 Å². The number of aryl methyl sites for hydroxylation is 1. The molecule has 0 radical (unpaired) electrons. The lowest BCUT2D eigenvalue weighted by Gasteiger charge is -2.33. The van der Waals surface area contributed by atoms with Crippen LogP contribution >= 0.6 is 0 Å². The van der Waals surface area contributed by atoms with Crippen molar-refractivity contribution in [1.82, 2.24) is 19.4 Å². The molecule has 8 heteroatoms. The second kappa shape index (κ2) is 8.97. The summed E-state index contributed by atoms with van der Waals surface area (Å²) in [5, 5.41) is 12.0. The Morgan fingerprint density at radius 2 is 1.88 bits per heavy atom. The number of benzene rings is 1. The van der Waals surface area contributed by atoms with Gasteiger partial charge in [-0.15, -0.1) is 0 Å². The van der Waals surface area contributed by atoms with Gasteiger partial charge < -0.3 is 25.1 Å². The van der Waals surface area contributed by atoms with Crippen LogP contribution in [0, 0.1) is 11.1 Å². The van der Waals surface area contributed by atoms with Gasteiger partial charge in [0, 0.05) is 62.7 Å². The van der Waals surface area contributed by atoms with E-state index in [-0.39, 0.29) is 5.56 Å². The molecule has 8 nitrogen and oxygen atoms in total. The number of aromatic nitrogens is 3. The topological polar surface area (TPSA) is 93.9 Å². The number of likely N-dealkylation sites (tertiary alicyclic amines) is 1. The van der Waals surface area contributed by atoms with Crippen LogP contribution < -0.4 is 10.4 Å². The summed E-state index contributed by atoms with van der Waals surface area (Å²) >= 11 is 0. The van der Waals surface area contributed by atoms with Gasteiger partial charge in [-0.3, -0.25) is 0 Å². The molecule has 1 atom stereocenters. The Hall–Kier alpha value is -2.81. The predicted molar refractivity (Wildman–Crippen MR) is 123 cm³/mol. The highest BCUT2D eigenvalue weighted by atomic mass is 16.5. The first kappa shape index (κ1) is 21.1. The number of nitrogens with two attached hydrogens (primary N) is 1. The lowest BCUT2D eigenvalue weighted by molar-refractivity contribution is -0.482. The molecule has 0 saturated carbocycles. The van der Waals surface area contributed by atoms with Crippen molar-refractivity contribution < 1.29 is 10.3 Å². The van der Waals surface area contributed by atoms with Crippen molar-refractivity contribution in [2.75, 3.05) is 37.6 Å². The molecule has 2 aliphatic rings. The largest absolute Gasteiger partial charge is 0.628 e. The minimum Gasteiger partial charge on any atom is -0.628 e. The lowest BCUT2D eigenvalue weighted by atomic mass is 9.96. The van der Waals surface area contributed by atoms with Gasteiger partial charge in [-0.1, -0.05) is 18.2 Å². The highest BCUT2D eigenvalue weighted by molar-refractivity contribution is 5.86. The zero-order chi connectivity index (χ0) is 22.1. The second-order valence-electron chi connectivity index (χ2n) is 9.14. The number of nitrogens with zero attached hydrogens (tertiary/aromatic N) is 5. The number of carbonyl (C=O) groups is 1. The molecule has 168 valence electrons. The summed E-state index contributed by atoms with van der Waals surface area (Å²) in [6.45, 7) is 5.31. The molecule has 2 saturated heterocycles. The number of para-hydroxylation sites is 1. The Balaban J connectivity index is 1.15. The van der Waals surface area contributed by atoms with Crippen LogP contribution in [0.3, 0.4) is 0 Å². The van der Waals surface area contributed by atoms with Gasteiger partial charge in [0.1, 0.15) is 5.56 Å². The molecule has 2 N–H and O–H groups in total. The van der Waals surface area contributed by atoms with E-state index in [2.05, 4.69) is 61.8 Å². The Morgan fingerprint density at radius 1 is 1.12 bits per heavy atom. The lowest BCUT2D eigenvalue weighted by Crippen LogP contribution is -2.81. The average Bonchev–Trinajstić information content (AvgIpc) is 3.43. The summed E-state index contributed by atoms with van der Waals surface area (Å²) < 4.78 is 2.26. The Bertz CT molecular complexity index is 1090. The standard InChI is InChI=1S/C24H30N6O2/c1-28-16-21(20-4-2-3-5-22(20)28)18-8-9-29(15-18)14-17-6-10-30(11-7-17)24-25-12-19(13-26-24)23(31)27-32/h2-5,12-13,16-18H,6-11,14-15,27H2,1H3. The number of carbonyl (C=O) groups excluding carboxylic acids is 1. The van der Waals surface area contributed by atoms with Crippen LogP contribution in [0.25, 0.3) is 10.9 Å². The molecule has 32 heavy (non-hydrogen) atoms. The van der Waals surface area contributed by atoms with E-state index >= 15 is 0 Å². The fourth-order valence-electron chi connectivity index (χ4n) is 5.31. The average molecular weight is 435 g/mol. The van der Waals surface area contributed by atoms with Crippen molar-refractivity contribution in [1.29, 1.82) is 0 Å². The summed E-state index contributed by atoms with van der Waals surface area (Å²) in [6.07, 6.45) is 8.69. The maximum absolute atomic E-state index is 11.4. The van der Waals surface area contributed by atoms with Gasteiger partial charge in [0.05, 0.1) is 0 Å². The van der Waals surface area contributed by atoms with E-state index in [0.29, 0.717) is 23.3 Å². The number of anilines is 1. The number of hydrogen-bond donors (Lipinski definition) is 1. The first-order chi connectivity index (χ1) is 15.6. The van der Waals surface area contributed by atoms with Crippen molar-refractivity contribution in [2.24, 2.45) is 13.0 Å². The van der Waals surface area contributed by atoms with Crippen LogP contribution in [0.5, 0.6) is 0 Å². The molecule has 1 aromatic carbocycles. The first-order valence-electron chi connectivity index (χ1n) is 11.4. The van der Waals surface area contributed by atoms with Gasteiger partial charge in [-0.25, -0.2) is 14.8 Å². The molecular formula is C24H30N6O2. The number of fused-ring (bicyclic) bond motifs is 1. The maximum atomic E-state index is 11.4. The molecular weight excluding hydrogens is 404 g/mol. The van der Waals surface area contributed by atoms with E-state index < -0.39 is 5.91 Å². The third kappa shape index (κ3) is 4.13. The number of hydrogen-bond acceptors (Lipinski definition) is 6. The third-order valence-corrected chi connectivity index (χ3v) is 7.08. The highest BCUT2D eigenvalue weighted by Gasteiger charge is 2.29. The molecule has 2 fully saturated rings. The number of piperidine rings is 1. The van der Waals surface area contributed by atoms with Crippen molar-refractivity contribution in [3.63, 3.8) is 0 Å². The van der Waals surface area contributed by atoms with Gasteiger partial charge in [0.15, 0.2) is 0 Å². The van der Waals surface area contributed by atoms with Crippen molar-refractivity contribution in [2.45, 2.75) is 25.2 Å². The molecule has 0 aliphatic carbocycles. The van der Waals surface area contributed by atoms with Crippen molar-refractivity contribution in [3.8, 4) is 0 Å². The van der Waals surface area contributed by atoms with E-state index in [1.54, 1.807) is 0 Å². The molecule has 2 aliphatic heterocycles. The molecule has 0 bridgehead atoms. The maximum Gasteiger partial charge on any atom is 0.345 e. The molecule has 3 aromatic rings. The van der Waals surface area contributed by atoms with Crippen LogP contribution in [-0.4, -0.2) is 58.1 Å². The highest BCUT2D eigenvalue weighted by Crippen LogP contribution is 2.34. The second-order valence-corrected chi connectivity index (χ2v) is 9.14. The number of quaternary nitrogens is 1. The minimum atomic E-state index is -0.581. The fraction of sp³-hybridized carbons (Fsp3) is 0.458. The molecule has 1 unspecified atom stereocenters. The smallest absolute Gasteiger partial charge is 0.345 e. The molecule has 4 heterocycles. The molecule has 2 aromatic heterocycles. The molecule has 5 rings (SSSR count). The van der Waals surface area contributed by atoms with Gasteiger partial charge in [-0.05, 0) is 49.3 Å². The monoisotopic (exact) mass is 434 g/mol. The Kier molecular flexibility index (Phi) is 5.91. The molecule has 0 spiro atoms. The van der Waals surface area contributed by atoms with Crippen LogP contribution in [0.15, 0.2) is 42.9 Å². The summed E-state index contributed by atoms with van der Waals surface area (Å²) in [6, 6.07) is 8.72. The van der Waals surface area contributed by atoms with Gasteiger partial charge in [-0.2, -0.15) is 0 Å². The van der Waals surface area contributed by atoms with Crippen molar-refractivity contribution >= 4 is 22.8 Å². The van der Waals surface area contributed by atoms with E-state index in [0.717, 1.165) is 39.0 Å². The number of hydroxylamine groups is 1. The summed E-state index contributed by atoms with van der Waals surface area (Å²) in [7, 11) is 2.14. The van der Waals surface area contributed by atoms with Gasteiger partial charge in [0.2, 0.25) is 5.95 Å². The van der Waals surface area contributed by atoms with Crippen LogP contribution in [0.1, 0.15) is 41.1 Å². The minimum absolute atomic E-state index is 0.244. The SMILES string of the molecule is Cn1cc(C2CCN(CC3CCN(c4ncc(C(=O)[NH2+][O-])cn4)CC3)C2)c2ccccc21. The first-order valence-corrected chi connectivity index (χ1v) is 11.4.